The van der Waals surface area contributed by atoms with Crippen molar-refractivity contribution in [3.05, 3.63) is 17.6 Å². The lowest BCUT2D eigenvalue weighted by molar-refractivity contribution is 0.172. The van der Waals surface area contributed by atoms with E-state index >= 15 is 0 Å². The predicted octanol–water partition coefficient (Wildman–Crippen LogP) is 3.16. The summed E-state index contributed by atoms with van der Waals surface area (Å²) in [5.74, 6) is 0. The molecule has 20 heavy (non-hydrogen) atoms. The maximum atomic E-state index is 6.24. The van der Waals surface area contributed by atoms with Crippen molar-refractivity contribution < 1.29 is 0 Å². The summed E-state index contributed by atoms with van der Waals surface area (Å²) in [4.78, 5) is 6.72. The zero-order valence-corrected chi connectivity index (χ0v) is 13.0. The zero-order valence-electron chi connectivity index (χ0n) is 12.1. The molecule has 0 radical (unpaired) electrons. The maximum absolute atomic E-state index is 6.24. The number of hydrogen-bond acceptors (Lipinski definition) is 5. The molecule has 0 saturated heterocycles. The number of nitrogens with one attached hydrogen (secondary N) is 1. The van der Waals surface area contributed by atoms with E-state index in [0.29, 0.717) is 0 Å². The molecule has 1 aromatic heterocycles. The molecule has 0 bridgehead atoms. The molecule has 5 heteroatoms. The highest BCUT2D eigenvalue weighted by Crippen LogP contribution is 2.35. The van der Waals surface area contributed by atoms with Gasteiger partial charge in [-0.25, -0.2) is 4.98 Å². The first-order valence-electron chi connectivity index (χ1n) is 7.15. The van der Waals surface area contributed by atoms with Gasteiger partial charge >= 0.3 is 0 Å². The van der Waals surface area contributed by atoms with Crippen LogP contribution < -0.4 is 11.1 Å². The van der Waals surface area contributed by atoms with Gasteiger partial charge in [-0.05, 0) is 39.1 Å². The van der Waals surface area contributed by atoms with Crippen LogP contribution in [0.25, 0.3) is 10.2 Å². The fourth-order valence-corrected chi connectivity index (χ4v) is 3.87. The number of benzene rings is 1. The van der Waals surface area contributed by atoms with Gasteiger partial charge in [0.25, 0.3) is 0 Å². The number of aromatic nitrogens is 1. The highest BCUT2D eigenvalue weighted by atomic mass is 32.1. The highest BCUT2D eigenvalue weighted by molar-refractivity contribution is 7.16. The maximum Gasteiger partial charge on any atom is 0.106 e. The molecule has 1 fully saturated rings. The summed E-state index contributed by atoms with van der Waals surface area (Å²) in [6.07, 6.45) is 5.15. The summed E-state index contributed by atoms with van der Waals surface area (Å²) in [5.41, 5.74) is 11.1. The van der Waals surface area contributed by atoms with E-state index in [1.54, 1.807) is 11.3 Å². The Kier molecular flexibility index (Phi) is 3.56. The second-order valence-corrected chi connectivity index (χ2v) is 6.79. The Bertz CT molecular complexity index is 599. The molecule has 108 valence electrons. The largest absolute Gasteiger partial charge is 0.395 e. The molecule has 0 amide bonds. The summed E-state index contributed by atoms with van der Waals surface area (Å²) in [6, 6.07) is 4.18. The van der Waals surface area contributed by atoms with Crippen molar-refractivity contribution >= 4 is 32.9 Å². The number of nitrogens with two attached hydrogens (primary N) is 1. The first-order valence-corrected chi connectivity index (χ1v) is 8.03. The van der Waals surface area contributed by atoms with Crippen molar-refractivity contribution in [1.82, 2.24) is 9.88 Å². The van der Waals surface area contributed by atoms with Crippen LogP contribution in [0.4, 0.5) is 11.4 Å². The topological polar surface area (TPSA) is 54.2 Å². The minimum Gasteiger partial charge on any atom is -0.395 e. The second-order valence-electron chi connectivity index (χ2n) is 5.91. The number of rotatable bonds is 4. The van der Waals surface area contributed by atoms with Crippen LogP contribution in [0.2, 0.25) is 0 Å². The predicted molar refractivity (Wildman–Crippen MR) is 87.4 cm³/mol. The van der Waals surface area contributed by atoms with E-state index in [0.717, 1.165) is 28.1 Å². The molecular formula is C15H22N4S. The van der Waals surface area contributed by atoms with Gasteiger partial charge in [0.05, 0.1) is 21.6 Å². The molecule has 2 aromatic rings. The summed E-state index contributed by atoms with van der Waals surface area (Å²) >= 11 is 1.63. The average molecular weight is 290 g/mol. The highest BCUT2D eigenvalue weighted by Gasteiger charge is 2.35. The van der Waals surface area contributed by atoms with Crippen molar-refractivity contribution in [2.45, 2.75) is 31.2 Å². The van der Waals surface area contributed by atoms with E-state index in [9.17, 15) is 0 Å². The third-order valence-electron chi connectivity index (χ3n) is 4.63. The smallest absolute Gasteiger partial charge is 0.106 e. The Morgan fingerprint density at radius 1 is 1.35 bits per heavy atom. The number of hydrogen-bond donors (Lipinski definition) is 2. The summed E-state index contributed by atoms with van der Waals surface area (Å²) < 4.78 is 1.15. The molecule has 0 unspecified atom stereocenters. The van der Waals surface area contributed by atoms with Crippen LogP contribution in [0.1, 0.15) is 25.7 Å². The van der Waals surface area contributed by atoms with Gasteiger partial charge in [-0.1, -0.05) is 12.8 Å². The average Bonchev–Trinajstić information content (AvgIpc) is 3.07. The quantitative estimate of drug-likeness (QED) is 0.849. The van der Waals surface area contributed by atoms with Gasteiger partial charge in [0.15, 0.2) is 0 Å². The molecule has 0 atom stereocenters. The molecule has 4 nitrogen and oxygen atoms in total. The number of anilines is 2. The standard InChI is InChI=1S/C15H22N4S/c1-19(2)15(7-3-4-8-15)9-17-11-5-6-12-14(13(11)16)18-10-20-12/h5-6,10,17H,3-4,7-9,16H2,1-2H3. The molecule has 1 aliphatic rings. The van der Waals surface area contributed by atoms with E-state index in [1.807, 2.05) is 5.51 Å². The number of likely N-dealkylation sites (N-methyl/N-ethyl adjacent to an activating group) is 1. The van der Waals surface area contributed by atoms with Gasteiger partial charge in [-0.3, -0.25) is 0 Å². The van der Waals surface area contributed by atoms with E-state index < -0.39 is 0 Å². The number of thiazole rings is 1. The SMILES string of the molecule is CN(C)C1(CNc2ccc3scnc3c2N)CCCC1. The van der Waals surface area contributed by atoms with Gasteiger partial charge in [0, 0.05) is 12.1 Å². The molecular weight excluding hydrogens is 268 g/mol. The van der Waals surface area contributed by atoms with Crippen LogP contribution in [0, 0.1) is 0 Å². The summed E-state index contributed by atoms with van der Waals surface area (Å²) in [6.45, 7) is 0.944. The lowest BCUT2D eigenvalue weighted by Crippen LogP contribution is -2.47. The van der Waals surface area contributed by atoms with Crippen molar-refractivity contribution in [2.75, 3.05) is 31.7 Å². The first kappa shape index (κ1) is 13.6. The fourth-order valence-electron chi connectivity index (χ4n) is 3.18. The van der Waals surface area contributed by atoms with Crippen LogP contribution in [0.5, 0.6) is 0 Å². The number of nitrogens with zero attached hydrogens (tertiary/aromatic N) is 2. The third kappa shape index (κ3) is 2.25. The number of nitrogen functional groups attached to an aromatic ring is 1. The Labute approximate surface area is 124 Å². The molecule has 0 spiro atoms. The van der Waals surface area contributed by atoms with E-state index in [2.05, 4.69) is 41.4 Å². The zero-order chi connectivity index (χ0) is 14.2. The van der Waals surface area contributed by atoms with Crippen LogP contribution >= 0.6 is 11.3 Å². The molecule has 0 aliphatic heterocycles. The van der Waals surface area contributed by atoms with Crippen LogP contribution in [-0.4, -0.2) is 36.1 Å². The Hall–Kier alpha value is -1.33. The minimum atomic E-state index is 0.267. The minimum absolute atomic E-state index is 0.267. The normalized spacial score (nSPS) is 17.9. The van der Waals surface area contributed by atoms with Crippen molar-refractivity contribution in [3.63, 3.8) is 0 Å². The molecule has 1 aliphatic carbocycles. The fraction of sp³-hybridized carbons (Fsp3) is 0.533. The number of fused-ring (bicyclic) bond motifs is 1. The first-order chi connectivity index (χ1) is 9.62. The van der Waals surface area contributed by atoms with Gasteiger partial charge < -0.3 is 16.0 Å². The van der Waals surface area contributed by atoms with Gasteiger partial charge in [0.2, 0.25) is 0 Å². The summed E-state index contributed by atoms with van der Waals surface area (Å²) in [5, 5.41) is 3.56. The van der Waals surface area contributed by atoms with Crippen molar-refractivity contribution in [2.24, 2.45) is 0 Å². The van der Waals surface area contributed by atoms with E-state index in [1.165, 1.54) is 25.7 Å². The molecule has 3 rings (SSSR count). The van der Waals surface area contributed by atoms with Crippen LogP contribution in [0.15, 0.2) is 17.6 Å². The lowest BCUT2D eigenvalue weighted by Gasteiger charge is -2.37. The van der Waals surface area contributed by atoms with Crippen molar-refractivity contribution in [3.8, 4) is 0 Å². The Balaban J connectivity index is 1.81. The van der Waals surface area contributed by atoms with E-state index in [-0.39, 0.29) is 5.54 Å². The summed E-state index contributed by atoms with van der Waals surface area (Å²) in [7, 11) is 4.36. The molecule has 1 heterocycles. The Morgan fingerprint density at radius 2 is 2.10 bits per heavy atom. The monoisotopic (exact) mass is 290 g/mol. The van der Waals surface area contributed by atoms with Gasteiger partial charge in [-0.15, -0.1) is 11.3 Å². The second kappa shape index (κ2) is 5.22. The van der Waals surface area contributed by atoms with E-state index in [4.69, 9.17) is 5.73 Å². The van der Waals surface area contributed by atoms with Gasteiger partial charge in [0.1, 0.15) is 5.52 Å². The van der Waals surface area contributed by atoms with Crippen molar-refractivity contribution in [1.29, 1.82) is 0 Å². The molecule has 1 saturated carbocycles. The Morgan fingerprint density at radius 3 is 2.80 bits per heavy atom. The molecule has 1 aromatic carbocycles. The van der Waals surface area contributed by atoms with Crippen LogP contribution in [0.3, 0.4) is 0 Å². The van der Waals surface area contributed by atoms with Gasteiger partial charge in [-0.2, -0.15) is 0 Å². The third-order valence-corrected chi connectivity index (χ3v) is 5.43. The van der Waals surface area contributed by atoms with Crippen LogP contribution in [-0.2, 0) is 0 Å². The molecule has 3 N–H and O–H groups in total. The lowest BCUT2D eigenvalue weighted by atomic mass is 9.96.